The van der Waals surface area contributed by atoms with Crippen LogP contribution in [0.3, 0.4) is 0 Å². The number of aromatic nitrogens is 2. The Morgan fingerprint density at radius 1 is 1.12 bits per heavy atom. The van der Waals surface area contributed by atoms with Crippen molar-refractivity contribution >= 4 is 28.4 Å². The lowest BCUT2D eigenvalue weighted by molar-refractivity contribution is -0.116. The summed E-state index contributed by atoms with van der Waals surface area (Å²) in [5, 5.41) is 2.94. The molecule has 0 saturated carbocycles. The number of rotatable bonds is 7. The molecule has 128 valence electrons. The number of hydrogen-bond donors (Lipinski definition) is 1. The van der Waals surface area contributed by atoms with Gasteiger partial charge in [-0.25, -0.2) is 4.98 Å². The van der Waals surface area contributed by atoms with E-state index in [1.807, 2.05) is 0 Å². The number of benzene rings is 1. The van der Waals surface area contributed by atoms with Gasteiger partial charge in [-0.2, -0.15) is 4.37 Å². The number of carbonyl (C=O) groups is 2. The number of methoxy groups -OCH3 is 3. The largest absolute Gasteiger partial charge is 0.493 e. The molecule has 0 radical (unpaired) electrons. The average molecular weight is 351 g/mol. The molecule has 2 aromatic rings. The van der Waals surface area contributed by atoms with E-state index in [-0.39, 0.29) is 12.2 Å². The minimum Gasteiger partial charge on any atom is -0.493 e. The van der Waals surface area contributed by atoms with E-state index in [0.29, 0.717) is 33.8 Å². The molecule has 0 aliphatic rings. The second-order valence-corrected chi connectivity index (χ2v) is 5.51. The van der Waals surface area contributed by atoms with Gasteiger partial charge in [0.2, 0.25) is 10.9 Å². The zero-order valence-electron chi connectivity index (χ0n) is 13.7. The van der Waals surface area contributed by atoms with Gasteiger partial charge in [0.25, 0.3) is 5.91 Å². The van der Waals surface area contributed by atoms with Gasteiger partial charge < -0.3 is 14.2 Å². The maximum atomic E-state index is 12.4. The van der Waals surface area contributed by atoms with Gasteiger partial charge in [-0.05, 0) is 19.1 Å². The van der Waals surface area contributed by atoms with Crippen LogP contribution in [0.25, 0.3) is 0 Å². The van der Waals surface area contributed by atoms with Crippen molar-refractivity contribution in [1.29, 1.82) is 0 Å². The highest BCUT2D eigenvalue weighted by molar-refractivity contribution is 7.09. The topological polar surface area (TPSA) is 99.6 Å². The Kier molecular flexibility index (Phi) is 5.69. The van der Waals surface area contributed by atoms with Crippen LogP contribution in [0.5, 0.6) is 17.2 Å². The fourth-order valence-corrected chi connectivity index (χ4v) is 2.56. The molecular weight excluding hydrogens is 334 g/mol. The fourth-order valence-electron chi connectivity index (χ4n) is 1.98. The number of carbonyl (C=O) groups excluding carboxylic acids is 2. The number of Topliss-reactive ketones (excluding diaryl/α,β-unsaturated/α-hetero) is 1. The molecule has 0 fully saturated rings. The van der Waals surface area contributed by atoms with Gasteiger partial charge in [0.05, 0.1) is 27.8 Å². The van der Waals surface area contributed by atoms with E-state index < -0.39 is 5.91 Å². The zero-order chi connectivity index (χ0) is 17.7. The third-order valence-electron chi connectivity index (χ3n) is 3.02. The third-order valence-corrected chi connectivity index (χ3v) is 3.69. The highest BCUT2D eigenvalue weighted by atomic mass is 32.1. The highest BCUT2D eigenvalue weighted by Gasteiger charge is 2.18. The molecule has 8 nitrogen and oxygen atoms in total. The Balaban J connectivity index is 2.23. The van der Waals surface area contributed by atoms with E-state index in [1.54, 1.807) is 0 Å². The summed E-state index contributed by atoms with van der Waals surface area (Å²) in [6.07, 6.45) is 0.135. The Bertz CT molecular complexity index is 734. The molecule has 1 aromatic carbocycles. The van der Waals surface area contributed by atoms with E-state index in [2.05, 4.69) is 14.7 Å². The first kappa shape index (κ1) is 17.7. The molecule has 1 aromatic heterocycles. The molecule has 0 bridgehead atoms. The van der Waals surface area contributed by atoms with E-state index in [0.717, 1.165) is 11.5 Å². The molecule has 2 rings (SSSR count). The minimum atomic E-state index is -0.403. The second-order valence-electron chi connectivity index (χ2n) is 4.76. The summed E-state index contributed by atoms with van der Waals surface area (Å²) in [6.45, 7) is 1.45. The summed E-state index contributed by atoms with van der Waals surface area (Å²) in [4.78, 5) is 27.6. The number of nitrogens with zero attached hydrogens (tertiary/aromatic N) is 2. The maximum Gasteiger partial charge on any atom is 0.257 e. The molecule has 0 saturated heterocycles. The quantitative estimate of drug-likeness (QED) is 0.814. The molecule has 0 atom stereocenters. The van der Waals surface area contributed by atoms with Crippen LogP contribution < -0.4 is 19.5 Å². The fraction of sp³-hybridized carbons (Fsp3) is 0.333. The van der Waals surface area contributed by atoms with Crippen molar-refractivity contribution in [3.63, 3.8) is 0 Å². The van der Waals surface area contributed by atoms with Gasteiger partial charge in [0.15, 0.2) is 17.3 Å². The number of ketones is 1. The van der Waals surface area contributed by atoms with Crippen molar-refractivity contribution in [2.75, 3.05) is 26.6 Å². The lowest BCUT2D eigenvalue weighted by Crippen LogP contribution is -2.12. The van der Waals surface area contributed by atoms with Gasteiger partial charge in [0.1, 0.15) is 5.78 Å². The van der Waals surface area contributed by atoms with Crippen molar-refractivity contribution in [3.8, 4) is 17.2 Å². The lowest BCUT2D eigenvalue weighted by atomic mass is 10.1. The number of anilines is 1. The van der Waals surface area contributed by atoms with Crippen molar-refractivity contribution in [1.82, 2.24) is 9.36 Å². The second kappa shape index (κ2) is 7.73. The first-order valence-electron chi connectivity index (χ1n) is 6.91. The number of ether oxygens (including phenoxy) is 3. The summed E-state index contributed by atoms with van der Waals surface area (Å²) in [5.41, 5.74) is 0.313. The Morgan fingerprint density at radius 3 is 2.25 bits per heavy atom. The molecule has 24 heavy (non-hydrogen) atoms. The van der Waals surface area contributed by atoms with E-state index in [1.165, 1.54) is 40.4 Å². The van der Waals surface area contributed by atoms with Gasteiger partial charge in [0, 0.05) is 17.1 Å². The molecule has 1 N–H and O–H groups in total. The molecule has 0 unspecified atom stereocenters. The normalized spacial score (nSPS) is 10.2. The summed E-state index contributed by atoms with van der Waals surface area (Å²) in [7, 11) is 4.42. The van der Waals surface area contributed by atoms with Crippen LogP contribution in [0.2, 0.25) is 0 Å². The molecule has 1 heterocycles. The number of nitrogens with one attached hydrogen (secondary N) is 1. The molecule has 9 heteroatoms. The van der Waals surface area contributed by atoms with Crippen LogP contribution in [0.4, 0.5) is 5.13 Å². The summed E-state index contributed by atoms with van der Waals surface area (Å²) < 4.78 is 19.7. The highest BCUT2D eigenvalue weighted by Crippen LogP contribution is 2.38. The van der Waals surface area contributed by atoms with Crippen LogP contribution >= 0.6 is 11.5 Å². The first-order valence-corrected chi connectivity index (χ1v) is 7.69. The summed E-state index contributed by atoms with van der Waals surface area (Å²) in [6, 6.07) is 3.07. The SMILES string of the molecule is COc1cc(C(=O)Nc2nc(CC(C)=O)ns2)cc(OC)c1OC. The lowest BCUT2D eigenvalue weighted by Gasteiger charge is -2.13. The first-order chi connectivity index (χ1) is 11.5. The van der Waals surface area contributed by atoms with Gasteiger partial charge >= 0.3 is 0 Å². The maximum absolute atomic E-state index is 12.4. The van der Waals surface area contributed by atoms with Crippen LogP contribution in [0.1, 0.15) is 23.1 Å². The van der Waals surface area contributed by atoms with Crippen LogP contribution in [-0.4, -0.2) is 42.4 Å². The van der Waals surface area contributed by atoms with Crippen molar-refractivity contribution < 1.29 is 23.8 Å². The third kappa shape index (κ3) is 3.99. The van der Waals surface area contributed by atoms with E-state index >= 15 is 0 Å². The molecule has 0 aliphatic carbocycles. The van der Waals surface area contributed by atoms with Crippen LogP contribution in [-0.2, 0) is 11.2 Å². The van der Waals surface area contributed by atoms with Gasteiger partial charge in [-0.3, -0.25) is 14.9 Å². The monoisotopic (exact) mass is 351 g/mol. The Morgan fingerprint density at radius 2 is 1.75 bits per heavy atom. The van der Waals surface area contributed by atoms with Crippen LogP contribution in [0.15, 0.2) is 12.1 Å². The Hall–Kier alpha value is -2.68. The predicted octanol–water partition coefficient (Wildman–Crippen LogP) is 1.95. The number of amides is 1. The summed E-state index contributed by atoms with van der Waals surface area (Å²) in [5.74, 6) is 1.08. The van der Waals surface area contributed by atoms with Gasteiger partial charge in [-0.15, -0.1) is 0 Å². The zero-order valence-corrected chi connectivity index (χ0v) is 14.5. The molecule has 0 spiro atoms. The van der Waals surface area contributed by atoms with Crippen molar-refractivity contribution in [3.05, 3.63) is 23.5 Å². The molecule has 0 aliphatic heterocycles. The Labute approximate surface area is 142 Å². The average Bonchev–Trinajstić information content (AvgIpc) is 2.99. The molecule has 1 amide bonds. The van der Waals surface area contributed by atoms with E-state index in [9.17, 15) is 9.59 Å². The van der Waals surface area contributed by atoms with Crippen molar-refractivity contribution in [2.24, 2.45) is 0 Å². The molecular formula is C15H17N3O5S. The van der Waals surface area contributed by atoms with E-state index in [4.69, 9.17) is 14.2 Å². The standard InChI is InChI=1S/C15H17N3O5S/c1-8(19)5-12-16-15(24-18-12)17-14(20)9-6-10(21-2)13(23-4)11(7-9)22-3/h6-7H,5H2,1-4H3,(H,16,17,18,20). The van der Waals surface area contributed by atoms with Crippen LogP contribution in [0, 0.1) is 0 Å². The number of hydrogen-bond acceptors (Lipinski definition) is 8. The minimum absolute atomic E-state index is 0.0460. The predicted molar refractivity (Wildman–Crippen MR) is 88.3 cm³/mol. The summed E-state index contributed by atoms with van der Waals surface area (Å²) >= 11 is 1.01. The smallest absolute Gasteiger partial charge is 0.257 e. The van der Waals surface area contributed by atoms with Gasteiger partial charge in [-0.1, -0.05) is 0 Å². The van der Waals surface area contributed by atoms with Crippen molar-refractivity contribution in [2.45, 2.75) is 13.3 Å².